The summed E-state index contributed by atoms with van der Waals surface area (Å²) >= 11 is 0. The molecule has 0 amide bonds. The Hall–Kier alpha value is -1.02. The largest absolute Gasteiger partial charge is 0.497 e. The zero-order valence-corrected chi connectivity index (χ0v) is 10.4. The number of benzene rings is 1. The van der Waals surface area contributed by atoms with E-state index in [1.807, 2.05) is 6.07 Å². The van der Waals surface area contributed by atoms with Crippen LogP contribution in [0.1, 0.15) is 31.4 Å². The van der Waals surface area contributed by atoms with Gasteiger partial charge in [0.05, 0.1) is 13.7 Å². The van der Waals surface area contributed by atoms with Crippen molar-refractivity contribution >= 4 is 0 Å². The van der Waals surface area contributed by atoms with E-state index in [9.17, 15) is 0 Å². The Morgan fingerprint density at radius 3 is 2.88 bits per heavy atom. The predicted molar refractivity (Wildman–Crippen MR) is 65.2 cm³/mol. The van der Waals surface area contributed by atoms with Crippen LogP contribution >= 0.6 is 0 Å². The molecule has 0 N–H and O–H groups in total. The van der Waals surface area contributed by atoms with Gasteiger partial charge < -0.3 is 9.47 Å². The fourth-order valence-corrected chi connectivity index (χ4v) is 2.33. The molecule has 0 saturated carbocycles. The minimum Gasteiger partial charge on any atom is -0.497 e. The van der Waals surface area contributed by atoms with Crippen molar-refractivity contribution in [1.29, 1.82) is 0 Å². The van der Waals surface area contributed by atoms with Gasteiger partial charge in [-0.15, -0.1) is 0 Å². The first-order chi connectivity index (χ1) is 7.63. The Labute approximate surface area is 97.6 Å². The van der Waals surface area contributed by atoms with Crippen molar-refractivity contribution in [2.45, 2.75) is 32.1 Å². The average molecular weight is 220 g/mol. The fourth-order valence-electron chi connectivity index (χ4n) is 2.33. The molecule has 2 nitrogen and oxygen atoms in total. The van der Waals surface area contributed by atoms with E-state index in [2.05, 4.69) is 26.0 Å². The molecule has 2 rings (SSSR count). The summed E-state index contributed by atoms with van der Waals surface area (Å²) in [7, 11) is 1.72. The standard InChI is InChI=1S/C14H20O2/c1-14(2)10-16-8-4-5-11-9-12(15-3)6-7-13(11)14/h6-7,9H,4-5,8,10H2,1-3H3. The summed E-state index contributed by atoms with van der Waals surface area (Å²) in [4.78, 5) is 0. The molecule has 0 spiro atoms. The van der Waals surface area contributed by atoms with Gasteiger partial charge in [0.2, 0.25) is 0 Å². The zero-order valence-electron chi connectivity index (χ0n) is 10.4. The molecule has 1 heterocycles. The van der Waals surface area contributed by atoms with Crippen LogP contribution in [0.2, 0.25) is 0 Å². The number of hydrogen-bond acceptors (Lipinski definition) is 2. The predicted octanol–water partition coefficient (Wildman–Crippen LogP) is 2.94. The van der Waals surface area contributed by atoms with Gasteiger partial charge in [0.1, 0.15) is 5.75 Å². The lowest BCUT2D eigenvalue weighted by molar-refractivity contribution is 0.0882. The van der Waals surface area contributed by atoms with Crippen LogP contribution in [-0.2, 0) is 16.6 Å². The lowest BCUT2D eigenvalue weighted by Crippen LogP contribution is -2.28. The van der Waals surface area contributed by atoms with Crippen molar-refractivity contribution < 1.29 is 9.47 Å². The lowest BCUT2D eigenvalue weighted by atomic mass is 9.81. The van der Waals surface area contributed by atoms with Gasteiger partial charge in [-0.25, -0.2) is 0 Å². The summed E-state index contributed by atoms with van der Waals surface area (Å²) in [5, 5.41) is 0. The van der Waals surface area contributed by atoms with Crippen LogP contribution in [0.3, 0.4) is 0 Å². The van der Waals surface area contributed by atoms with E-state index in [1.54, 1.807) is 7.11 Å². The molecular formula is C14H20O2. The summed E-state index contributed by atoms with van der Waals surface area (Å²) in [6.45, 7) is 6.14. The number of fused-ring (bicyclic) bond motifs is 1. The molecule has 16 heavy (non-hydrogen) atoms. The molecule has 1 aliphatic rings. The number of aryl methyl sites for hydroxylation is 1. The normalized spacial score (nSPS) is 19.4. The zero-order chi connectivity index (χ0) is 11.6. The smallest absolute Gasteiger partial charge is 0.119 e. The number of methoxy groups -OCH3 is 1. The van der Waals surface area contributed by atoms with Gasteiger partial charge in [-0.05, 0) is 36.1 Å². The third-order valence-electron chi connectivity index (χ3n) is 3.24. The van der Waals surface area contributed by atoms with Gasteiger partial charge >= 0.3 is 0 Å². The van der Waals surface area contributed by atoms with E-state index in [-0.39, 0.29) is 5.41 Å². The van der Waals surface area contributed by atoms with Crippen LogP contribution < -0.4 is 4.74 Å². The van der Waals surface area contributed by atoms with Gasteiger partial charge in [0.25, 0.3) is 0 Å². The van der Waals surface area contributed by atoms with E-state index >= 15 is 0 Å². The highest BCUT2D eigenvalue weighted by molar-refractivity contribution is 5.40. The highest BCUT2D eigenvalue weighted by atomic mass is 16.5. The highest BCUT2D eigenvalue weighted by Gasteiger charge is 2.25. The summed E-state index contributed by atoms with van der Waals surface area (Å²) in [6, 6.07) is 6.40. The first kappa shape index (κ1) is 11.5. The Morgan fingerprint density at radius 1 is 1.31 bits per heavy atom. The summed E-state index contributed by atoms with van der Waals surface area (Å²) in [6.07, 6.45) is 2.17. The molecule has 0 saturated heterocycles. The molecule has 0 atom stereocenters. The molecule has 1 aliphatic heterocycles. The van der Waals surface area contributed by atoms with Gasteiger partial charge in [-0.1, -0.05) is 19.9 Å². The van der Waals surface area contributed by atoms with E-state index in [1.165, 1.54) is 11.1 Å². The summed E-state index contributed by atoms with van der Waals surface area (Å²) in [5.74, 6) is 0.955. The Bertz CT molecular complexity index is 369. The Morgan fingerprint density at radius 2 is 2.12 bits per heavy atom. The molecule has 0 aromatic heterocycles. The van der Waals surface area contributed by atoms with Gasteiger partial charge in [-0.3, -0.25) is 0 Å². The molecule has 0 radical (unpaired) electrons. The number of hydrogen-bond donors (Lipinski definition) is 0. The molecule has 88 valence electrons. The third-order valence-corrected chi connectivity index (χ3v) is 3.24. The van der Waals surface area contributed by atoms with E-state index in [4.69, 9.17) is 9.47 Å². The van der Waals surface area contributed by atoms with Gasteiger partial charge in [0, 0.05) is 12.0 Å². The van der Waals surface area contributed by atoms with E-state index in [0.29, 0.717) is 0 Å². The topological polar surface area (TPSA) is 18.5 Å². The first-order valence-electron chi connectivity index (χ1n) is 5.88. The second kappa shape index (κ2) is 4.46. The molecule has 0 fully saturated rings. The number of ether oxygens (including phenoxy) is 2. The van der Waals surface area contributed by atoms with Crippen molar-refractivity contribution in [3.05, 3.63) is 29.3 Å². The molecule has 0 aliphatic carbocycles. The quantitative estimate of drug-likeness (QED) is 0.724. The van der Waals surface area contributed by atoms with Crippen LogP contribution in [0.4, 0.5) is 0 Å². The molecule has 0 bridgehead atoms. The van der Waals surface area contributed by atoms with Crippen LogP contribution in [0, 0.1) is 0 Å². The first-order valence-corrected chi connectivity index (χ1v) is 5.88. The van der Waals surface area contributed by atoms with Crippen molar-refractivity contribution in [3.8, 4) is 5.75 Å². The Balaban J connectivity index is 2.42. The monoisotopic (exact) mass is 220 g/mol. The fraction of sp³-hybridized carbons (Fsp3) is 0.571. The van der Waals surface area contributed by atoms with Crippen molar-refractivity contribution in [2.24, 2.45) is 0 Å². The van der Waals surface area contributed by atoms with Gasteiger partial charge in [-0.2, -0.15) is 0 Å². The summed E-state index contributed by atoms with van der Waals surface area (Å²) < 4.78 is 11.0. The molecule has 0 unspecified atom stereocenters. The van der Waals surface area contributed by atoms with Crippen LogP contribution in [0.25, 0.3) is 0 Å². The lowest BCUT2D eigenvalue weighted by Gasteiger charge is -2.30. The average Bonchev–Trinajstić information content (AvgIpc) is 2.26. The second-order valence-corrected chi connectivity index (χ2v) is 5.06. The van der Waals surface area contributed by atoms with Gasteiger partial charge in [0.15, 0.2) is 0 Å². The van der Waals surface area contributed by atoms with Crippen LogP contribution in [0.5, 0.6) is 5.75 Å². The van der Waals surface area contributed by atoms with E-state index in [0.717, 1.165) is 31.8 Å². The molecule has 2 heteroatoms. The minimum absolute atomic E-state index is 0.0992. The maximum Gasteiger partial charge on any atom is 0.119 e. The SMILES string of the molecule is COc1ccc2c(c1)CCCOCC2(C)C. The maximum atomic E-state index is 5.67. The maximum absolute atomic E-state index is 5.67. The molecule has 1 aromatic rings. The Kier molecular flexibility index (Phi) is 3.20. The number of rotatable bonds is 1. The van der Waals surface area contributed by atoms with Crippen LogP contribution in [-0.4, -0.2) is 20.3 Å². The highest BCUT2D eigenvalue weighted by Crippen LogP contribution is 2.31. The van der Waals surface area contributed by atoms with Crippen molar-refractivity contribution in [2.75, 3.05) is 20.3 Å². The van der Waals surface area contributed by atoms with Crippen molar-refractivity contribution in [1.82, 2.24) is 0 Å². The van der Waals surface area contributed by atoms with Crippen molar-refractivity contribution in [3.63, 3.8) is 0 Å². The second-order valence-electron chi connectivity index (χ2n) is 5.06. The summed E-state index contributed by atoms with van der Waals surface area (Å²) in [5.41, 5.74) is 2.91. The molecule has 1 aromatic carbocycles. The van der Waals surface area contributed by atoms with E-state index < -0.39 is 0 Å². The minimum atomic E-state index is 0.0992. The third kappa shape index (κ3) is 2.22. The van der Waals surface area contributed by atoms with Crippen LogP contribution in [0.15, 0.2) is 18.2 Å². The molecular weight excluding hydrogens is 200 g/mol.